The molecule has 1 aromatic rings. The van der Waals surface area contributed by atoms with Gasteiger partial charge in [0, 0.05) is 6.26 Å². The lowest BCUT2D eigenvalue weighted by molar-refractivity contribution is -0.138. The quantitative estimate of drug-likeness (QED) is 0.795. The van der Waals surface area contributed by atoms with Crippen molar-refractivity contribution < 1.29 is 22.7 Å². The number of furan rings is 1. The van der Waals surface area contributed by atoms with Crippen LogP contribution in [0.15, 0.2) is 22.8 Å². The van der Waals surface area contributed by atoms with E-state index in [0.29, 0.717) is 0 Å². The Morgan fingerprint density at radius 1 is 1.64 bits per heavy atom. The summed E-state index contributed by atoms with van der Waals surface area (Å²) < 4.78 is 26.7. The second kappa shape index (κ2) is 3.83. The molecule has 1 atom stereocenters. The van der Waals surface area contributed by atoms with Gasteiger partial charge in [0.05, 0.1) is 12.0 Å². The van der Waals surface area contributed by atoms with E-state index >= 15 is 0 Å². The zero-order valence-electron chi connectivity index (χ0n) is 7.50. The molecule has 0 aromatic carbocycles. The minimum atomic E-state index is -3.34. The summed E-state index contributed by atoms with van der Waals surface area (Å²) in [6.45, 7) is 0. The van der Waals surface area contributed by atoms with Crippen LogP contribution in [0.25, 0.3) is 0 Å². The van der Waals surface area contributed by atoms with Crippen molar-refractivity contribution >= 4 is 15.8 Å². The standard InChI is InChI=1S/C8H10O5S/c1-14(11,12)5-6(8(9)10)7-3-2-4-13-7/h2-4,6H,5H2,1H3,(H,9,10). The Hall–Kier alpha value is -1.30. The van der Waals surface area contributed by atoms with Gasteiger partial charge < -0.3 is 9.52 Å². The van der Waals surface area contributed by atoms with E-state index < -0.39 is 27.5 Å². The normalized spacial score (nSPS) is 13.8. The fraction of sp³-hybridized carbons (Fsp3) is 0.375. The van der Waals surface area contributed by atoms with Gasteiger partial charge in [-0.05, 0) is 12.1 Å². The van der Waals surface area contributed by atoms with E-state index in [1.165, 1.54) is 18.4 Å². The number of sulfone groups is 1. The molecule has 5 nitrogen and oxygen atoms in total. The third kappa shape index (κ3) is 2.88. The highest BCUT2D eigenvalue weighted by Gasteiger charge is 2.26. The Bertz CT molecular complexity index is 403. The van der Waals surface area contributed by atoms with Crippen molar-refractivity contribution in [3.05, 3.63) is 24.2 Å². The molecule has 0 aliphatic carbocycles. The van der Waals surface area contributed by atoms with Gasteiger partial charge in [-0.1, -0.05) is 0 Å². The van der Waals surface area contributed by atoms with Crippen molar-refractivity contribution in [2.75, 3.05) is 12.0 Å². The van der Waals surface area contributed by atoms with E-state index in [-0.39, 0.29) is 5.76 Å². The highest BCUT2D eigenvalue weighted by molar-refractivity contribution is 7.90. The van der Waals surface area contributed by atoms with Crippen molar-refractivity contribution in [1.82, 2.24) is 0 Å². The molecule has 0 aliphatic rings. The van der Waals surface area contributed by atoms with Crippen molar-refractivity contribution in [2.24, 2.45) is 0 Å². The Morgan fingerprint density at radius 3 is 2.64 bits per heavy atom. The van der Waals surface area contributed by atoms with Crippen molar-refractivity contribution in [3.63, 3.8) is 0 Å². The Balaban J connectivity index is 2.93. The average Bonchev–Trinajstić information content (AvgIpc) is 2.49. The van der Waals surface area contributed by atoms with E-state index in [0.717, 1.165) is 6.26 Å². The number of hydrogen-bond donors (Lipinski definition) is 1. The zero-order valence-corrected chi connectivity index (χ0v) is 8.32. The molecule has 0 fully saturated rings. The van der Waals surface area contributed by atoms with Gasteiger partial charge in [-0.15, -0.1) is 0 Å². The van der Waals surface area contributed by atoms with E-state index in [9.17, 15) is 13.2 Å². The first-order valence-corrected chi connectivity index (χ1v) is 5.90. The summed E-state index contributed by atoms with van der Waals surface area (Å²) in [6, 6.07) is 2.97. The molecule has 1 rings (SSSR count). The lowest BCUT2D eigenvalue weighted by atomic mass is 10.1. The molecule has 1 N–H and O–H groups in total. The molecule has 0 bridgehead atoms. The largest absolute Gasteiger partial charge is 0.481 e. The number of hydrogen-bond acceptors (Lipinski definition) is 4. The van der Waals surface area contributed by atoms with Gasteiger partial charge in [-0.3, -0.25) is 4.79 Å². The monoisotopic (exact) mass is 218 g/mol. The minimum Gasteiger partial charge on any atom is -0.481 e. The fourth-order valence-corrected chi connectivity index (χ4v) is 1.98. The SMILES string of the molecule is CS(=O)(=O)CC(C(=O)O)c1ccco1. The summed E-state index contributed by atoms with van der Waals surface area (Å²) in [5.41, 5.74) is 0. The van der Waals surface area contributed by atoms with E-state index in [1.807, 2.05) is 0 Å². The first-order valence-electron chi connectivity index (χ1n) is 3.84. The molecule has 1 aromatic heterocycles. The van der Waals surface area contributed by atoms with Crippen LogP contribution in [0.1, 0.15) is 11.7 Å². The summed E-state index contributed by atoms with van der Waals surface area (Å²) in [5.74, 6) is -2.62. The van der Waals surface area contributed by atoms with Crippen LogP contribution in [-0.4, -0.2) is 31.5 Å². The van der Waals surface area contributed by atoms with Crippen LogP contribution in [0.4, 0.5) is 0 Å². The number of carboxylic acid groups (broad SMARTS) is 1. The number of carbonyl (C=O) groups is 1. The lowest BCUT2D eigenvalue weighted by Gasteiger charge is -2.07. The Labute approximate surface area is 81.3 Å². The molecule has 6 heteroatoms. The molecule has 0 aliphatic heterocycles. The van der Waals surface area contributed by atoms with Crippen LogP contribution >= 0.6 is 0 Å². The molecule has 0 saturated carbocycles. The van der Waals surface area contributed by atoms with Crippen LogP contribution < -0.4 is 0 Å². The molecule has 78 valence electrons. The maximum atomic E-state index is 10.9. The van der Waals surface area contributed by atoms with Crippen LogP contribution in [0, 0.1) is 0 Å². The average molecular weight is 218 g/mol. The summed E-state index contributed by atoms with van der Waals surface area (Å²) >= 11 is 0. The maximum Gasteiger partial charge on any atom is 0.315 e. The molecular weight excluding hydrogens is 208 g/mol. The van der Waals surface area contributed by atoms with Gasteiger partial charge in [0.1, 0.15) is 21.5 Å². The van der Waals surface area contributed by atoms with E-state index in [4.69, 9.17) is 9.52 Å². The van der Waals surface area contributed by atoms with Gasteiger partial charge >= 0.3 is 5.97 Å². The zero-order chi connectivity index (χ0) is 10.8. The van der Waals surface area contributed by atoms with Gasteiger partial charge in [0.2, 0.25) is 0 Å². The smallest absolute Gasteiger partial charge is 0.315 e. The van der Waals surface area contributed by atoms with Crippen LogP contribution in [0.5, 0.6) is 0 Å². The van der Waals surface area contributed by atoms with Crippen LogP contribution in [0.2, 0.25) is 0 Å². The van der Waals surface area contributed by atoms with E-state index in [2.05, 4.69) is 0 Å². The topological polar surface area (TPSA) is 84.6 Å². The predicted molar refractivity (Wildman–Crippen MR) is 48.8 cm³/mol. The van der Waals surface area contributed by atoms with Crippen molar-refractivity contribution in [2.45, 2.75) is 5.92 Å². The predicted octanol–water partition coefficient (Wildman–Crippen LogP) is 0.492. The number of aliphatic carboxylic acids is 1. The highest BCUT2D eigenvalue weighted by Crippen LogP contribution is 2.18. The number of carboxylic acids is 1. The molecule has 1 unspecified atom stereocenters. The second-order valence-electron chi connectivity index (χ2n) is 3.00. The molecule has 14 heavy (non-hydrogen) atoms. The second-order valence-corrected chi connectivity index (χ2v) is 5.18. The minimum absolute atomic E-state index is 0.155. The molecule has 1 heterocycles. The summed E-state index contributed by atoms with van der Waals surface area (Å²) in [4.78, 5) is 10.8. The first kappa shape index (κ1) is 10.8. The first-order chi connectivity index (χ1) is 6.40. The van der Waals surface area contributed by atoms with E-state index in [1.54, 1.807) is 0 Å². The summed E-state index contributed by atoms with van der Waals surface area (Å²) in [6.07, 6.45) is 2.30. The molecule has 0 saturated heterocycles. The molecular formula is C8H10O5S. The van der Waals surface area contributed by atoms with Gasteiger partial charge in [0.25, 0.3) is 0 Å². The third-order valence-electron chi connectivity index (χ3n) is 1.65. The highest BCUT2D eigenvalue weighted by atomic mass is 32.2. The summed E-state index contributed by atoms with van der Waals surface area (Å²) in [5, 5.41) is 8.78. The van der Waals surface area contributed by atoms with Gasteiger partial charge in [-0.25, -0.2) is 8.42 Å². The molecule has 0 radical (unpaired) electrons. The maximum absolute atomic E-state index is 10.9. The van der Waals surface area contributed by atoms with Crippen LogP contribution in [0.3, 0.4) is 0 Å². The summed E-state index contributed by atoms with van der Waals surface area (Å²) in [7, 11) is -3.34. The Morgan fingerprint density at radius 2 is 2.29 bits per heavy atom. The molecule has 0 amide bonds. The van der Waals surface area contributed by atoms with Gasteiger partial charge in [-0.2, -0.15) is 0 Å². The lowest BCUT2D eigenvalue weighted by Crippen LogP contribution is -2.20. The fourth-order valence-electron chi connectivity index (χ4n) is 1.07. The Kier molecular flexibility index (Phi) is 2.95. The third-order valence-corrected chi connectivity index (χ3v) is 2.59. The van der Waals surface area contributed by atoms with Crippen molar-refractivity contribution in [3.8, 4) is 0 Å². The van der Waals surface area contributed by atoms with Crippen molar-refractivity contribution in [1.29, 1.82) is 0 Å². The molecule has 0 spiro atoms. The van der Waals surface area contributed by atoms with Crippen LogP contribution in [-0.2, 0) is 14.6 Å². The number of rotatable bonds is 4. The van der Waals surface area contributed by atoms with Gasteiger partial charge in [0.15, 0.2) is 0 Å².